The Bertz CT molecular complexity index is 1060. The number of carbonyl (C=O) groups is 3. The summed E-state index contributed by atoms with van der Waals surface area (Å²) in [5.41, 5.74) is 0. The van der Waals surface area contributed by atoms with Gasteiger partial charge in [-0.2, -0.15) is 0 Å². The molecule has 0 radical (unpaired) electrons. The summed E-state index contributed by atoms with van der Waals surface area (Å²) in [5.74, 6) is -0.894. The van der Waals surface area contributed by atoms with Crippen LogP contribution < -0.4 is 0 Å². The van der Waals surface area contributed by atoms with Gasteiger partial charge in [0.2, 0.25) is 0 Å². The van der Waals surface area contributed by atoms with Crippen LogP contribution in [-0.2, 0) is 28.6 Å². The first-order chi connectivity index (χ1) is 31.0. The molecule has 1 atom stereocenters. The third kappa shape index (κ3) is 50.5. The number of hydrogen-bond acceptors (Lipinski definition) is 6. The third-order valence-electron chi connectivity index (χ3n) is 12.1. The van der Waals surface area contributed by atoms with E-state index in [-0.39, 0.29) is 31.1 Å². The highest BCUT2D eigenvalue weighted by Crippen LogP contribution is 2.15. The summed E-state index contributed by atoms with van der Waals surface area (Å²) in [4.78, 5) is 38.0. The second kappa shape index (κ2) is 52.3. The summed E-state index contributed by atoms with van der Waals surface area (Å²) in [7, 11) is 0. The van der Waals surface area contributed by atoms with Crippen LogP contribution in [0.15, 0.2) is 36.5 Å². The fourth-order valence-corrected chi connectivity index (χ4v) is 7.90. The number of ether oxygens (including phenoxy) is 3. The maximum atomic E-state index is 12.8. The molecule has 0 aliphatic carbocycles. The lowest BCUT2D eigenvalue weighted by Crippen LogP contribution is -2.30. The van der Waals surface area contributed by atoms with Crippen LogP contribution in [0.1, 0.15) is 290 Å². The van der Waals surface area contributed by atoms with E-state index in [9.17, 15) is 14.4 Å². The molecule has 0 spiro atoms. The SMILES string of the molecule is CCCCCC/C=C\CCCCCCCC(=O)OCC(COC(=O)CCCCCCC/C=C\CCCCCCCCC)OC(=O)CCCCCCC/C=C\CCCCCCCCC. The van der Waals surface area contributed by atoms with Gasteiger partial charge < -0.3 is 14.2 Å². The Kier molecular flexibility index (Phi) is 50.3. The van der Waals surface area contributed by atoms with E-state index in [1.807, 2.05) is 0 Å². The van der Waals surface area contributed by atoms with Crippen molar-refractivity contribution in [3.63, 3.8) is 0 Å². The molecule has 0 bridgehead atoms. The molecular formula is C57H104O6. The molecule has 0 aromatic rings. The Hall–Kier alpha value is -2.37. The zero-order valence-corrected chi connectivity index (χ0v) is 42.1. The summed E-state index contributed by atoms with van der Waals surface area (Å²) >= 11 is 0. The van der Waals surface area contributed by atoms with E-state index in [4.69, 9.17) is 14.2 Å². The fraction of sp³-hybridized carbons (Fsp3) is 0.842. The van der Waals surface area contributed by atoms with E-state index in [0.29, 0.717) is 19.3 Å². The van der Waals surface area contributed by atoms with Crippen LogP contribution in [0.5, 0.6) is 0 Å². The van der Waals surface area contributed by atoms with Crippen molar-refractivity contribution < 1.29 is 28.6 Å². The molecule has 0 saturated heterocycles. The largest absolute Gasteiger partial charge is 0.462 e. The van der Waals surface area contributed by atoms with E-state index in [2.05, 4.69) is 57.2 Å². The highest BCUT2D eigenvalue weighted by Gasteiger charge is 2.19. The van der Waals surface area contributed by atoms with Crippen LogP contribution in [0, 0.1) is 0 Å². The van der Waals surface area contributed by atoms with Crippen LogP contribution in [0.25, 0.3) is 0 Å². The van der Waals surface area contributed by atoms with E-state index in [1.165, 1.54) is 173 Å². The standard InChI is InChI=1S/C57H104O6/c1-4-7-10-13-16-19-22-25-27-29-32-35-38-41-44-47-50-56(59)62-53-54(52-61-55(58)49-46-43-40-37-34-31-24-21-18-15-12-9-6-3)63-57(60)51-48-45-42-39-36-33-30-28-26-23-20-17-14-11-8-5-2/h21,24,27-30,54H,4-20,22-23,25-26,31-53H2,1-3H3/b24-21-,29-27-,30-28-. The minimum absolute atomic E-state index is 0.0806. The summed E-state index contributed by atoms with van der Waals surface area (Å²) in [6.07, 6.45) is 61.3. The number of unbranched alkanes of at least 4 members (excludes halogenated alkanes) is 33. The minimum atomic E-state index is -0.781. The van der Waals surface area contributed by atoms with E-state index >= 15 is 0 Å². The summed E-state index contributed by atoms with van der Waals surface area (Å²) in [6.45, 7) is 6.62. The van der Waals surface area contributed by atoms with Crippen molar-refractivity contribution in [1.29, 1.82) is 0 Å². The number of esters is 3. The molecule has 0 heterocycles. The van der Waals surface area contributed by atoms with Gasteiger partial charge in [0.15, 0.2) is 6.10 Å². The minimum Gasteiger partial charge on any atom is -0.462 e. The van der Waals surface area contributed by atoms with Crippen molar-refractivity contribution in [2.75, 3.05) is 13.2 Å². The molecule has 0 amide bonds. The van der Waals surface area contributed by atoms with Gasteiger partial charge in [-0.1, -0.05) is 211 Å². The predicted octanol–water partition coefficient (Wildman–Crippen LogP) is 18.1. The Morgan fingerprint density at radius 1 is 0.302 bits per heavy atom. The molecule has 63 heavy (non-hydrogen) atoms. The normalized spacial score (nSPS) is 12.2. The highest BCUT2D eigenvalue weighted by atomic mass is 16.6. The molecule has 368 valence electrons. The highest BCUT2D eigenvalue weighted by molar-refractivity contribution is 5.71. The fourth-order valence-electron chi connectivity index (χ4n) is 7.90. The van der Waals surface area contributed by atoms with Gasteiger partial charge in [-0.3, -0.25) is 14.4 Å². The molecule has 6 nitrogen and oxygen atoms in total. The number of allylic oxidation sites excluding steroid dienone is 6. The number of rotatable bonds is 50. The zero-order valence-electron chi connectivity index (χ0n) is 42.1. The van der Waals surface area contributed by atoms with E-state index < -0.39 is 6.10 Å². The van der Waals surface area contributed by atoms with E-state index in [1.54, 1.807) is 0 Å². The van der Waals surface area contributed by atoms with Crippen LogP contribution in [0.2, 0.25) is 0 Å². The van der Waals surface area contributed by atoms with Gasteiger partial charge in [0.25, 0.3) is 0 Å². The van der Waals surface area contributed by atoms with Crippen molar-refractivity contribution in [2.45, 2.75) is 297 Å². The molecular weight excluding hydrogens is 781 g/mol. The van der Waals surface area contributed by atoms with Gasteiger partial charge in [0.1, 0.15) is 13.2 Å². The second-order valence-corrected chi connectivity index (χ2v) is 18.5. The average Bonchev–Trinajstić information content (AvgIpc) is 3.28. The second-order valence-electron chi connectivity index (χ2n) is 18.5. The molecule has 0 fully saturated rings. The Labute approximate surface area is 391 Å². The maximum absolute atomic E-state index is 12.8. The van der Waals surface area contributed by atoms with Crippen molar-refractivity contribution in [1.82, 2.24) is 0 Å². The van der Waals surface area contributed by atoms with Gasteiger partial charge in [-0.05, 0) is 96.3 Å². The molecule has 0 N–H and O–H groups in total. The first kappa shape index (κ1) is 60.6. The number of hydrogen-bond donors (Lipinski definition) is 0. The van der Waals surface area contributed by atoms with Crippen LogP contribution in [0.4, 0.5) is 0 Å². The summed E-state index contributed by atoms with van der Waals surface area (Å²) in [6, 6.07) is 0. The zero-order chi connectivity index (χ0) is 45.8. The van der Waals surface area contributed by atoms with Gasteiger partial charge in [0, 0.05) is 19.3 Å². The lowest BCUT2D eigenvalue weighted by molar-refractivity contribution is -0.167. The molecule has 6 heteroatoms. The van der Waals surface area contributed by atoms with Crippen molar-refractivity contribution >= 4 is 17.9 Å². The van der Waals surface area contributed by atoms with Crippen molar-refractivity contribution in [2.24, 2.45) is 0 Å². The Morgan fingerprint density at radius 2 is 0.524 bits per heavy atom. The smallest absolute Gasteiger partial charge is 0.306 e. The summed E-state index contributed by atoms with van der Waals surface area (Å²) in [5, 5.41) is 0. The first-order valence-corrected chi connectivity index (χ1v) is 27.5. The van der Waals surface area contributed by atoms with Gasteiger partial charge in [0.05, 0.1) is 0 Å². The van der Waals surface area contributed by atoms with Crippen LogP contribution >= 0.6 is 0 Å². The van der Waals surface area contributed by atoms with Crippen molar-refractivity contribution in [3.8, 4) is 0 Å². The topological polar surface area (TPSA) is 78.9 Å². The van der Waals surface area contributed by atoms with Crippen LogP contribution in [0.3, 0.4) is 0 Å². The van der Waals surface area contributed by atoms with E-state index in [0.717, 1.165) is 77.0 Å². The van der Waals surface area contributed by atoms with Gasteiger partial charge >= 0.3 is 17.9 Å². The van der Waals surface area contributed by atoms with Gasteiger partial charge in [-0.25, -0.2) is 0 Å². The predicted molar refractivity (Wildman–Crippen MR) is 270 cm³/mol. The molecule has 0 aliphatic rings. The Balaban J connectivity index is 4.38. The van der Waals surface area contributed by atoms with Gasteiger partial charge in [-0.15, -0.1) is 0 Å². The Morgan fingerprint density at radius 3 is 0.810 bits per heavy atom. The molecule has 0 aromatic carbocycles. The molecule has 0 aromatic heterocycles. The first-order valence-electron chi connectivity index (χ1n) is 27.5. The third-order valence-corrected chi connectivity index (χ3v) is 12.1. The lowest BCUT2D eigenvalue weighted by atomic mass is 10.1. The molecule has 0 aliphatic heterocycles. The monoisotopic (exact) mass is 885 g/mol. The molecule has 1 unspecified atom stereocenters. The maximum Gasteiger partial charge on any atom is 0.306 e. The number of carbonyl (C=O) groups excluding carboxylic acids is 3. The molecule has 0 rings (SSSR count). The quantitative estimate of drug-likeness (QED) is 0.0262. The van der Waals surface area contributed by atoms with Crippen LogP contribution in [-0.4, -0.2) is 37.2 Å². The summed E-state index contributed by atoms with van der Waals surface area (Å²) < 4.78 is 16.8. The van der Waals surface area contributed by atoms with Crippen molar-refractivity contribution in [3.05, 3.63) is 36.5 Å². The lowest BCUT2D eigenvalue weighted by Gasteiger charge is -2.18. The average molecular weight is 885 g/mol. The molecule has 0 saturated carbocycles.